The molecule has 1 aromatic heterocycles. The first-order chi connectivity index (χ1) is 10.3. The molecular formula is C17H22N2OS. The molecule has 1 aliphatic rings. The van der Waals surface area contributed by atoms with Crippen molar-refractivity contribution in [1.82, 2.24) is 10.3 Å². The maximum absolute atomic E-state index is 9.09. The van der Waals surface area contributed by atoms with Gasteiger partial charge in [-0.3, -0.25) is 0 Å². The summed E-state index contributed by atoms with van der Waals surface area (Å²) in [6.07, 6.45) is 3.39. The molecule has 3 rings (SSSR count). The molecule has 0 aliphatic heterocycles. The highest BCUT2D eigenvalue weighted by Crippen LogP contribution is 2.30. The molecule has 1 saturated carbocycles. The van der Waals surface area contributed by atoms with Crippen LogP contribution in [0, 0.1) is 0 Å². The van der Waals surface area contributed by atoms with E-state index in [1.54, 1.807) is 11.8 Å². The van der Waals surface area contributed by atoms with Crippen molar-refractivity contribution in [2.24, 2.45) is 0 Å². The lowest BCUT2D eigenvalue weighted by atomic mass is 10.1. The Morgan fingerprint density at radius 2 is 2.19 bits per heavy atom. The number of aliphatic hydroxyl groups is 1. The molecule has 1 atom stereocenters. The van der Waals surface area contributed by atoms with Gasteiger partial charge in [0.15, 0.2) is 0 Å². The van der Waals surface area contributed by atoms with Crippen molar-refractivity contribution in [2.45, 2.75) is 49.0 Å². The van der Waals surface area contributed by atoms with E-state index in [2.05, 4.69) is 36.5 Å². The topological polar surface area (TPSA) is 45.2 Å². The number of benzene rings is 1. The molecule has 4 heteroatoms. The molecule has 0 saturated heterocycles. The molecule has 0 amide bonds. The van der Waals surface area contributed by atoms with E-state index in [1.807, 2.05) is 6.07 Å². The number of hydrogen-bond donors (Lipinski definition) is 2. The molecule has 1 aromatic carbocycles. The summed E-state index contributed by atoms with van der Waals surface area (Å²) in [6, 6.07) is 11.2. The van der Waals surface area contributed by atoms with Gasteiger partial charge in [-0.05, 0) is 37.0 Å². The fourth-order valence-corrected chi connectivity index (χ4v) is 3.38. The highest BCUT2D eigenvalue weighted by Gasteiger charge is 2.21. The van der Waals surface area contributed by atoms with Gasteiger partial charge in [0.1, 0.15) is 5.03 Å². The number of thioether (sulfide) groups is 1. The van der Waals surface area contributed by atoms with Gasteiger partial charge in [-0.1, -0.05) is 25.1 Å². The van der Waals surface area contributed by atoms with Crippen LogP contribution in [-0.4, -0.2) is 28.0 Å². The lowest BCUT2D eigenvalue weighted by molar-refractivity contribution is 0.289. The molecule has 2 N–H and O–H groups in total. The predicted molar refractivity (Wildman–Crippen MR) is 88.6 cm³/mol. The number of pyridine rings is 1. The monoisotopic (exact) mass is 302 g/mol. The third-order valence-corrected chi connectivity index (χ3v) is 4.98. The quantitative estimate of drug-likeness (QED) is 0.770. The molecule has 3 nitrogen and oxygen atoms in total. The first-order valence-electron chi connectivity index (χ1n) is 7.66. The number of hydrogen-bond acceptors (Lipinski definition) is 4. The number of para-hydroxylation sites is 1. The van der Waals surface area contributed by atoms with Crippen LogP contribution in [-0.2, 0) is 6.54 Å². The van der Waals surface area contributed by atoms with Crippen LogP contribution in [0.4, 0.5) is 0 Å². The summed E-state index contributed by atoms with van der Waals surface area (Å²) in [7, 11) is 0. The number of aromatic nitrogens is 1. The van der Waals surface area contributed by atoms with Crippen molar-refractivity contribution in [3.8, 4) is 0 Å². The third kappa shape index (κ3) is 3.96. The molecule has 21 heavy (non-hydrogen) atoms. The Morgan fingerprint density at radius 3 is 2.95 bits per heavy atom. The number of rotatable bonds is 7. The average molecular weight is 302 g/mol. The fourth-order valence-electron chi connectivity index (χ4n) is 2.34. The molecular weight excluding hydrogens is 280 g/mol. The van der Waals surface area contributed by atoms with Gasteiger partial charge in [-0.2, -0.15) is 0 Å². The van der Waals surface area contributed by atoms with Crippen molar-refractivity contribution >= 4 is 22.7 Å². The van der Waals surface area contributed by atoms with Crippen molar-refractivity contribution in [1.29, 1.82) is 0 Å². The van der Waals surface area contributed by atoms with Crippen LogP contribution in [0.5, 0.6) is 0 Å². The second-order valence-corrected chi connectivity index (χ2v) is 7.17. The minimum absolute atomic E-state index is 0.234. The van der Waals surface area contributed by atoms with E-state index in [0.29, 0.717) is 11.3 Å². The normalized spacial score (nSPS) is 16.3. The van der Waals surface area contributed by atoms with Gasteiger partial charge in [0.25, 0.3) is 0 Å². The summed E-state index contributed by atoms with van der Waals surface area (Å²) in [5.74, 6) is 0. The molecule has 2 aromatic rings. The summed E-state index contributed by atoms with van der Waals surface area (Å²) in [5.41, 5.74) is 2.32. The number of fused-ring (bicyclic) bond motifs is 1. The zero-order valence-electron chi connectivity index (χ0n) is 12.4. The van der Waals surface area contributed by atoms with Crippen LogP contribution < -0.4 is 5.32 Å². The van der Waals surface area contributed by atoms with Gasteiger partial charge in [0, 0.05) is 29.8 Å². The minimum Gasteiger partial charge on any atom is -0.396 e. The summed E-state index contributed by atoms with van der Waals surface area (Å²) in [4.78, 5) is 4.84. The van der Waals surface area contributed by atoms with Crippen LogP contribution in [0.2, 0.25) is 0 Å². The highest BCUT2D eigenvalue weighted by molar-refractivity contribution is 7.99. The van der Waals surface area contributed by atoms with E-state index < -0.39 is 0 Å². The first kappa shape index (κ1) is 14.8. The Hall–Kier alpha value is -1.10. The number of aliphatic hydroxyl groups excluding tert-OH is 1. The van der Waals surface area contributed by atoms with Gasteiger partial charge < -0.3 is 10.4 Å². The summed E-state index contributed by atoms with van der Waals surface area (Å²) in [6.45, 7) is 3.27. The third-order valence-electron chi connectivity index (χ3n) is 3.77. The minimum atomic E-state index is 0.234. The second-order valence-electron chi connectivity index (χ2n) is 5.74. The van der Waals surface area contributed by atoms with E-state index in [0.717, 1.165) is 23.5 Å². The standard InChI is InChI=1S/C17H22N2OS/c1-12(8-9-20)21-17-14(11-18-15-6-7-15)10-13-4-2-3-5-16(13)19-17/h2-5,10,12,15,18,20H,6-9,11H2,1H3. The van der Waals surface area contributed by atoms with Crippen LogP contribution in [0.3, 0.4) is 0 Å². The van der Waals surface area contributed by atoms with Crippen molar-refractivity contribution in [3.05, 3.63) is 35.9 Å². The van der Waals surface area contributed by atoms with Crippen LogP contribution in [0.25, 0.3) is 10.9 Å². The van der Waals surface area contributed by atoms with E-state index >= 15 is 0 Å². The number of nitrogens with one attached hydrogen (secondary N) is 1. The van der Waals surface area contributed by atoms with E-state index in [4.69, 9.17) is 10.1 Å². The van der Waals surface area contributed by atoms with Gasteiger partial charge in [-0.15, -0.1) is 11.8 Å². The Morgan fingerprint density at radius 1 is 1.38 bits per heavy atom. The predicted octanol–water partition coefficient (Wildman–Crippen LogP) is 3.35. The summed E-state index contributed by atoms with van der Waals surface area (Å²) >= 11 is 1.77. The summed E-state index contributed by atoms with van der Waals surface area (Å²) in [5, 5.41) is 15.4. The van der Waals surface area contributed by atoms with E-state index in [-0.39, 0.29) is 6.61 Å². The molecule has 1 heterocycles. The maximum Gasteiger partial charge on any atom is 0.101 e. The maximum atomic E-state index is 9.09. The lowest BCUT2D eigenvalue weighted by Gasteiger charge is -2.14. The van der Waals surface area contributed by atoms with E-state index in [9.17, 15) is 0 Å². The largest absolute Gasteiger partial charge is 0.396 e. The number of nitrogens with zero attached hydrogens (tertiary/aromatic N) is 1. The fraction of sp³-hybridized carbons (Fsp3) is 0.471. The molecule has 1 unspecified atom stereocenters. The smallest absolute Gasteiger partial charge is 0.101 e. The molecule has 0 radical (unpaired) electrons. The SMILES string of the molecule is CC(CCO)Sc1nc2ccccc2cc1CNC1CC1. The first-order valence-corrected chi connectivity index (χ1v) is 8.54. The second kappa shape index (κ2) is 6.77. The van der Waals surface area contributed by atoms with Gasteiger partial charge in [0.2, 0.25) is 0 Å². The Labute approximate surface area is 130 Å². The highest BCUT2D eigenvalue weighted by atomic mass is 32.2. The van der Waals surface area contributed by atoms with Gasteiger partial charge in [-0.25, -0.2) is 4.98 Å². The van der Waals surface area contributed by atoms with Crippen molar-refractivity contribution < 1.29 is 5.11 Å². The zero-order chi connectivity index (χ0) is 14.7. The van der Waals surface area contributed by atoms with Gasteiger partial charge in [0.05, 0.1) is 5.52 Å². The molecule has 0 bridgehead atoms. The average Bonchev–Trinajstić information content (AvgIpc) is 3.29. The van der Waals surface area contributed by atoms with Crippen molar-refractivity contribution in [3.63, 3.8) is 0 Å². The zero-order valence-corrected chi connectivity index (χ0v) is 13.2. The Balaban J connectivity index is 1.86. The molecule has 0 spiro atoms. The van der Waals surface area contributed by atoms with Crippen LogP contribution in [0.15, 0.2) is 35.4 Å². The summed E-state index contributed by atoms with van der Waals surface area (Å²) < 4.78 is 0. The molecule has 1 aliphatic carbocycles. The van der Waals surface area contributed by atoms with Gasteiger partial charge >= 0.3 is 0 Å². The Bertz CT molecular complexity index is 613. The molecule has 112 valence electrons. The van der Waals surface area contributed by atoms with Crippen LogP contribution >= 0.6 is 11.8 Å². The Kier molecular flexibility index (Phi) is 4.78. The lowest BCUT2D eigenvalue weighted by Crippen LogP contribution is -2.16. The van der Waals surface area contributed by atoms with Crippen LogP contribution in [0.1, 0.15) is 31.7 Å². The molecule has 1 fully saturated rings. The van der Waals surface area contributed by atoms with Crippen molar-refractivity contribution in [2.75, 3.05) is 6.61 Å². The van der Waals surface area contributed by atoms with E-state index in [1.165, 1.54) is 23.8 Å².